The lowest BCUT2D eigenvalue weighted by Crippen LogP contribution is -2.16. The van der Waals surface area contributed by atoms with E-state index < -0.39 is 0 Å². The monoisotopic (exact) mass is 348 g/mol. The second-order valence-electron chi connectivity index (χ2n) is 6.63. The highest BCUT2D eigenvalue weighted by atomic mass is 19.1. The van der Waals surface area contributed by atoms with E-state index in [2.05, 4.69) is 17.5 Å². The Morgan fingerprint density at radius 3 is 2.20 bits per heavy atom. The third kappa shape index (κ3) is 12.3. The molecule has 0 aromatic heterocycles. The summed E-state index contributed by atoms with van der Waals surface area (Å²) in [5.74, 6) is -0.389. The summed E-state index contributed by atoms with van der Waals surface area (Å²) >= 11 is 0. The van der Waals surface area contributed by atoms with Crippen LogP contribution in [0.5, 0.6) is 0 Å². The van der Waals surface area contributed by atoms with E-state index in [-0.39, 0.29) is 11.7 Å². The molecular weight excluding hydrogens is 315 g/mol. The van der Waals surface area contributed by atoms with Crippen LogP contribution >= 0.6 is 0 Å². The first-order valence-corrected chi connectivity index (χ1v) is 9.80. The Labute approximate surface area is 152 Å². The fraction of sp³-hybridized carbons (Fsp3) is 0.619. The van der Waals surface area contributed by atoms with E-state index in [1.165, 1.54) is 76.1 Å². The van der Waals surface area contributed by atoms with Crippen LogP contribution in [0, 0.1) is 5.82 Å². The summed E-state index contributed by atoms with van der Waals surface area (Å²) in [5, 5.41) is 3.86. The zero-order chi connectivity index (χ0) is 18.2. The number of hydrogen-bond acceptors (Lipinski definition) is 2. The van der Waals surface area contributed by atoms with Gasteiger partial charge in [-0.15, -0.1) is 0 Å². The molecule has 140 valence electrons. The first-order chi connectivity index (χ1) is 12.2. The first-order valence-electron chi connectivity index (χ1n) is 9.80. The first kappa shape index (κ1) is 21.3. The van der Waals surface area contributed by atoms with Crippen LogP contribution in [0.4, 0.5) is 4.39 Å². The number of carbonyl (C=O) groups excluding carboxylic acids is 1. The van der Waals surface area contributed by atoms with Crippen molar-refractivity contribution in [3.8, 4) is 0 Å². The number of nitrogens with one attached hydrogen (secondary N) is 1. The Hall–Kier alpha value is -1.71. The quantitative estimate of drug-likeness (QED) is 0.251. The van der Waals surface area contributed by atoms with Crippen LogP contribution in [-0.2, 0) is 4.79 Å². The Morgan fingerprint density at radius 2 is 1.60 bits per heavy atom. The molecule has 1 N–H and O–H groups in total. The molecular formula is C21H33FN2O. The number of nitrogens with zero attached hydrogens (tertiary/aromatic N) is 1. The minimum Gasteiger partial charge on any atom is -0.273 e. The van der Waals surface area contributed by atoms with E-state index >= 15 is 0 Å². The highest BCUT2D eigenvalue weighted by Crippen LogP contribution is 2.11. The van der Waals surface area contributed by atoms with E-state index in [1.807, 2.05) is 0 Å². The lowest BCUT2D eigenvalue weighted by atomic mass is 10.1. The van der Waals surface area contributed by atoms with Gasteiger partial charge in [-0.3, -0.25) is 4.79 Å². The van der Waals surface area contributed by atoms with Crippen LogP contribution in [0.25, 0.3) is 0 Å². The molecule has 0 fully saturated rings. The Morgan fingerprint density at radius 1 is 1.00 bits per heavy atom. The van der Waals surface area contributed by atoms with Crippen molar-refractivity contribution in [3.63, 3.8) is 0 Å². The third-order valence-electron chi connectivity index (χ3n) is 4.26. The molecule has 0 saturated carbocycles. The zero-order valence-electron chi connectivity index (χ0n) is 15.6. The van der Waals surface area contributed by atoms with Crippen molar-refractivity contribution in [3.05, 3.63) is 35.6 Å². The number of amides is 1. The molecule has 0 heterocycles. The van der Waals surface area contributed by atoms with Gasteiger partial charge in [0.2, 0.25) is 5.91 Å². The average molecular weight is 349 g/mol. The summed E-state index contributed by atoms with van der Waals surface area (Å²) in [6.45, 7) is 2.25. The fourth-order valence-electron chi connectivity index (χ4n) is 2.77. The van der Waals surface area contributed by atoms with Gasteiger partial charge in [-0.2, -0.15) is 5.10 Å². The number of unbranched alkanes of at least 4 members (excludes halogenated alkanes) is 10. The fourth-order valence-corrected chi connectivity index (χ4v) is 2.77. The van der Waals surface area contributed by atoms with Crippen molar-refractivity contribution in [2.24, 2.45) is 5.10 Å². The van der Waals surface area contributed by atoms with Gasteiger partial charge in [0.25, 0.3) is 0 Å². The maximum atomic E-state index is 13.0. The molecule has 0 saturated heterocycles. The van der Waals surface area contributed by atoms with Crippen LogP contribution in [-0.4, -0.2) is 12.1 Å². The molecule has 0 aliphatic carbocycles. The van der Waals surface area contributed by atoms with E-state index in [0.29, 0.717) is 12.0 Å². The molecule has 25 heavy (non-hydrogen) atoms. The summed E-state index contributed by atoms with van der Waals surface area (Å²) in [6.07, 6.45) is 15.9. The number of rotatable bonds is 14. The van der Waals surface area contributed by atoms with Crippen molar-refractivity contribution in [2.75, 3.05) is 0 Å². The molecule has 0 aliphatic heterocycles. The predicted octanol–water partition coefficient (Wildman–Crippen LogP) is 5.98. The summed E-state index contributed by atoms with van der Waals surface area (Å²) in [5.41, 5.74) is 3.13. The molecule has 0 unspecified atom stereocenters. The number of hydrogen-bond donors (Lipinski definition) is 1. The summed E-state index contributed by atoms with van der Waals surface area (Å²) in [7, 11) is 0. The Bertz CT molecular complexity index is 502. The molecule has 1 amide bonds. The molecule has 0 bridgehead atoms. The van der Waals surface area contributed by atoms with E-state index in [9.17, 15) is 9.18 Å². The molecule has 3 nitrogen and oxygen atoms in total. The lowest BCUT2D eigenvalue weighted by Gasteiger charge is -2.02. The second-order valence-corrected chi connectivity index (χ2v) is 6.63. The molecule has 1 rings (SSSR count). The Kier molecular flexibility index (Phi) is 12.5. The maximum absolute atomic E-state index is 13.0. The zero-order valence-corrected chi connectivity index (χ0v) is 15.6. The van der Waals surface area contributed by atoms with Crippen LogP contribution in [0.1, 0.15) is 89.5 Å². The topological polar surface area (TPSA) is 41.5 Å². The molecule has 0 radical (unpaired) electrons. The summed E-state index contributed by atoms with van der Waals surface area (Å²) < 4.78 is 13.0. The van der Waals surface area contributed by atoms with Crippen molar-refractivity contribution in [1.82, 2.24) is 5.43 Å². The van der Waals surface area contributed by atoms with Crippen molar-refractivity contribution in [1.29, 1.82) is 0 Å². The predicted molar refractivity (Wildman–Crippen MR) is 103 cm³/mol. The number of halogens is 1. The van der Waals surface area contributed by atoms with Crippen LogP contribution < -0.4 is 5.43 Å². The van der Waals surface area contributed by atoms with Gasteiger partial charge in [0.15, 0.2) is 0 Å². The highest BCUT2D eigenvalue weighted by molar-refractivity contribution is 5.82. The lowest BCUT2D eigenvalue weighted by molar-refractivity contribution is -0.121. The number of hydrazone groups is 1. The van der Waals surface area contributed by atoms with Gasteiger partial charge >= 0.3 is 0 Å². The van der Waals surface area contributed by atoms with E-state index in [4.69, 9.17) is 0 Å². The largest absolute Gasteiger partial charge is 0.273 e. The van der Waals surface area contributed by atoms with Crippen LogP contribution in [0.3, 0.4) is 0 Å². The number of carbonyl (C=O) groups is 1. The standard InChI is InChI=1S/C21H33FN2O/c1-2-3-4-5-6-7-8-9-10-11-12-16-21(25)24-23-18-19-14-13-15-20(22)17-19/h13-15,17-18H,2-12,16H2,1H3,(H,24,25). The van der Waals surface area contributed by atoms with Gasteiger partial charge in [-0.1, -0.05) is 83.3 Å². The second kappa shape index (κ2) is 14.6. The van der Waals surface area contributed by atoms with Gasteiger partial charge in [0.1, 0.15) is 5.82 Å². The van der Waals surface area contributed by atoms with Gasteiger partial charge in [-0.25, -0.2) is 9.82 Å². The Balaban J connectivity index is 1.93. The van der Waals surface area contributed by atoms with Crippen molar-refractivity contribution in [2.45, 2.75) is 84.0 Å². The summed E-state index contributed by atoms with van der Waals surface area (Å²) in [4.78, 5) is 11.7. The van der Waals surface area contributed by atoms with Gasteiger partial charge in [-0.05, 0) is 24.1 Å². The molecule has 4 heteroatoms. The molecule has 0 atom stereocenters. The maximum Gasteiger partial charge on any atom is 0.240 e. The third-order valence-corrected chi connectivity index (χ3v) is 4.26. The van der Waals surface area contributed by atoms with Gasteiger partial charge in [0, 0.05) is 6.42 Å². The van der Waals surface area contributed by atoms with Crippen LogP contribution in [0.15, 0.2) is 29.4 Å². The van der Waals surface area contributed by atoms with Crippen molar-refractivity contribution >= 4 is 12.1 Å². The van der Waals surface area contributed by atoms with Gasteiger partial charge in [0.05, 0.1) is 6.21 Å². The molecule has 1 aromatic carbocycles. The summed E-state index contributed by atoms with van der Waals surface area (Å²) in [6, 6.07) is 6.11. The SMILES string of the molecule is CCCCCCCCCCCCCC(=O)NN=Cc1cccc(F)c1. The minimum atomic E-state index is -0.309. The van der Waals surface area contributed by atoms with Crippen molar-refractivity contribution < 1.29 is 9.18 Å². The molecule has 1 aromatic rings. The van der Waals surface area contributed by atoms with E-state index in [0.717, 1.165) is 12.8 Å². The minimum absolute atomic E-state index is 0.0800. The highest BCUT2D eigenvalue weighted by Gasteiger charge is 1.99. The van der Waals surface area contributed by atoms with E-state index in [1.54, 1.807) is 12.1 Å². The average Bonchev–Trinajstić information content (AvgIpc) is 2.60. The smallest absolute Gasteiger partial charge is 0.240 e. The molecule has 0 spiro atoms. The normalized spacial score (nSPS) is 11.1. The molecule has 0 aliphatic rings. The van der Waals surface area contributed by atoms with Gasteiger partial charge < -0.3 is 0 Å². The number of benzene rings is 1. The van der Waals surface area contributed by atoms with Crippen LogP contribution in [0.2, 0.25) is 0 Å².